The van der Waals surface area contributed by atoms with Crippen molar-refractivity contribution < 1.29 is 9.18 Å². The predicted octanol–water partition coefficient (Wildman–Crippen LogP) is 4.53. The molecule has 0 bridgehead atoms. The predicted molar refractivity (Wildman–Crippen MR) is 107 cm³/mol. The minimum Gasteiger partial charge on any atom is -0.344 e. The van der Waals surface area contributed by atoms with Crippen LogP contribution >= 0.6 is 11.3 Å². The van der Waals surface area contributed by atoms with E-state index in [-0.39, 0.29) is 23.2 Å². The summed E-state index contributed by atoms with van der Waals surface area (Å²) in [5.41, 5.74) is 3.44. The van der Waals surface area contributed by atoms with Crippen molar-refractivity contribution >= 4 is 17.2 Å². The molecule has 0 saturated heterocycles. The molecule has 1 amide bonds. The zero-order chi connectivity index (χ0) is 20.1. The molecule has 1 aliphatic rings. The third-order valence-electron chi connectivity index (χ3n) is 5.15. The monoisotopic (exact) mass is 398 g/mol. The van der Waals surface area contributed by atoms with Gasteiger partial charge in [0.05, 0.1) is 34.3 Å². The maximum Gasteiger partial charge on any atom is 0.263 e. The number of hydrogen-bond donors (Lipinski definition) is 1. The maximum atomic E-state index is 13.7. The lowest BCUT2D eigenvalue weighted by molar-refractivity contribution is 0.0922. The van der Waals surface area contributed by atoms with Crippen molar-refractivity contribution in [3.05, 3.63) is 63.1 Å². The molecule has 28 heavy (non-hydrogen) atoms. The van der Waals surface area contributed by atoms with Gasteiger partial charge in [-0.3, -0.25) is 4.79 Å². The Balaban J connectivity index is 1.70. The van der Waals surface area contributed by atoms with Gasteiger partial charge in [0.2, 0.25) is 0 Å². The van der Waals surface area contributed by atoms with Gasteiger partial charge in [-0.15, -0.1) is 11.3 Å². The molecule has 1 N–H and O–H groups in total. The summed E-state index contributed by atoms with van der Waals surface area (Å²) in [6.07, 6.45) is 3.42. The third kappa shape index (κ3) is 3.46. The van der Waals surface area contributed by atoms with E-state index in [4.69, 9.17) is 0 Å². The van der Waals surface area contributed by atoms with E-state index in [2.05, 4.69) is 29.2 Å². The van der Waals surface area contributed by atoms with Gasteiger partial charge in [-0.05, 0) is 50.3 Å². The molecule has 5 nitrogen and oxygen atoms in total. The molecule has 0 unspecified atom stereocenters. The van der Waals surface area contributed by atoms with Crippen LogP contribution in [0.2, 0.25) is 0 Å². The van der Waals surface area contributed by atoms with Gasteiger partial charge in [0.15, 0.2) is 0 Å². The van der Waals surface area contributed by atoms with Crippen LogP contribution in [-0.4, -0.2) is 20.7 Å². The second-order valence-corrected chi connectivity index (χ2v) is 9.36. The van der Waals surface area contributed by atoms with Crippen molar-refractivity contribution in [1.29, 1.82) is 0 Å². The molecule has 2 aromatic heterocycles. The number of aromatic nitrogens is 3. The van der Waals surface area contributed by atoms with Crippen LogP contribution in [0.5, 0.6) is 0 Å². The number of aryl methyl sites for hydroxylation is 2. The first-order valence-electron chi connectivity index (χ1n) is 9.31. The number of hydrogen-bond acceptors (Lipinski definition) is 4. The molecule has 0 radical (unpaired) electrons. The second kappa shape index (κ2) is 6.81. The van der Waals surface area contributed by atoms with E-state index in [9.17, 15) is 9.18 Å². The summed E-state index contributed by atoms with van der Waals surface area (Å²) in [5.74, 6) is -0.395. The number of carbonyl (C=O) groups excluding carboxylic acids is 1. The molecule has 0 fully saturated rings. The highest BCUT2D eigenvalue weighted by Crippen LogP contribution is 2.41. The van der Waals surface area contributed by atoms with Crippen molar-refractivity contribution in [2.45, 2.75) is 46.6 Å². The number of nitrogens with one attached hydrogen (secondary N) is 1. The highest BCUT2D eigenvalue weighted by atomic mass is 32.1. The number of carbonyl (C=O) groups is 1. The van der Waals surface area contributed by atoms with Gasteiger partial charge in [-0.2, -0.15) is 5.10 Å². The van der Waals surface area contributed by atoms with Crippen molar-refractivity contribution in [2.75, 3.05) is 0 Å². The summed E-state index contributed by atoms with van der Waals surface area (Å²) in [4.78, 5) is 17.9. The summed E-state index contributed by atoms with van der Waals surface area (Å²) in [6.45, 7) is 8.12. The van der Waals surface area contributed by atoms with Crippen LogP contribution in [0.4, 0.5) is 4.39 Å². The summed E-state index contributed by atoms with van der Waals surface area (Å²) < 4.78 is 15.5. The zero-order valence-electron chi connectivity index (χ0n) is 16.4. The van der Waals surface area contributed by atoms with Crippen molar-refractivity contribution in [1.82, 2.24) is 20.1 Å². The standard InChI is InChI=1S/C21H23FN4OS/c1-12-19(28-13(2)24-12)20(27)25-17-9-21(3,4)10-18-16(17)11-23-26(18)15-7-5-6-14(22)8-15/h5-8,11,17H,9-10H2,1-4H3,(H,25,27)/t17-/m1/s1. The fourth-order valence-electron chi connectivity index (χ4n) is 3.97. The number of benzene rings is 1. The number of halogens is 1. The quantitative estimate of drug-likeness (QED) is 0.705. The van der Waals surface area contributed by atoms with Gasteiger partial charge in [0.25, 0.3) is 5.91 Å². The molecule has 4 rings (SSSR count). The Morgan fingerprint density at radius 3 is 2.82 bits per heavy atom. The van der Waals surface area contributed by atoms with Crippen LogP contribution in [0, 0.1) is 25.1 Å². The highest BCUT2D eigenvalue weighted by Gasteiger charge is 2.36. The molecule has 0 spiro atoms. The van der Waals surface area contributed by atoms with Crippen LogP contribution in [0.25, 0.3) is 5.69 Å². The Hall–Kier alpha value is -2.54. The Morgan fingerprint density at radius 1 is 1.36 bits per heavy atom. The van der Waals surface area contributed by atoms with Gasteiger partial charge in [0, 0.05) is 5.56 Å². The smallest absolute Gasteiger partial charge is 0.263 e. The van der Waals surface area contributed by atoms with Gasteiger partial charge < -0.3 is 5.32 Å². The number of nitrogens with zero attached hydrogens (tertiary/aromatic N) is 3. The molecule has 7 heteroatoms. The fraction of sp³-hybridized carbons (Fsp3) is 0.381. The van der Waals surface area contributed by atoms with Crippen LogP contribution in [-0.2, 0) is 6.42 Å². The maximum absolute atomic E-state index is 13.7. The largest absolute Gasteiger partial charge is 0.344 e. The molecular formula is C21H23FN4OS. The molecule has 1 atom stereocenters. The van der Waals surface area contributed by atoms with E-state index in [1.54, 1.807) is 16.9 Å². The van der Waals surface area contributed by atoms with Gasteiger partial charge in [-0.25, -0.2) is 14.1 Å². The normalized spacial score (nSPS) is 18.0. The zero-order valence-corrected chi connectivity index (χ0v) is 17.2. The van der Waals surface area contributed by atoms with E-state index in [0.29, 0.717) is 10.6 Å². The molecule has 1 aliphatic carbocycles. The minimum absolute atomic E-state index is 0.0191. The van der Waals surface area contributed by atoms with E-state index >= 15 is 0 Å². The lowest BCUT2D eigenvalue weighted by Crippen LogP contribution is -2.36. The van der Waals surface area contributed by atoms with Crippen LogP contribution in [0.1, 0.15) is 57.9 Å². The van der Waals surface area contributed by atoms with Crippen LogP contribution < -0.4 is 5.32 Å². The fourth-order valence-corrected chi connectivity index (χ4v) is 4.79. The Bertz CT molecular complexity index is 1050. The number of fused-ring (bicyclic) bond motifs is 1. The van der Waals surface area contributed by atoms with Crippen molar-refractivity contribution in [3.8, 4) is 5.69 Å². The molecule has 2 heterocycles. The SMILES string of the molecule is Cc1nc(C)c(C(=O)N[C@@H]2CC(C)(C)Cc3c2cnn3-c2cccc(F)c2)s1. The number of rotatable bonds is 3. The van der Waals surface area contributed by atoms with Crippen LogP contribution in [0.15, 0.2) is 30.5 Å². The van der Waals surface area contributed by atoms with Gasteiger partial charge >= 0.3 is 0 Å². The van der Waals surface area contributed by atoms with E-state index in [0.717, 1.165) is 34.8 Å². The molecule has 146 valence electrons. The first-order chi connectivity index (χ1) is 13.2. The number of thiazole rings is 1. The lowest BCUT2D eigenvalue weighted by Gasteiger charge is -2.35. The summed E-state index contributed by atoms with van der Waals surface area (Å²) >= 11 is 1.41. The molecule has 1 aromatic carbocycles. The average molecular weight is 399 g/mol. The first kappa shape index (κ1) is 18.8. The minimum atomic E-state index is -0.294. The molecule has 0 aliphatic heterocycles. The van der Waals surface area contributed by atoms with Crippen molar-refractivity contribution in [3.63, 3.8) is 0 Å². The number of amides is 1. The van der Waals surface area contributed by atoms with Crippen molar-refractivity contribution in [2.24, 2.45) is 5.41 Å². The molecule has 3 aromatic rings. The topological polar surface area (TPSA) is 59.8 Å². The van der Waals surface area contributed by atoms with E-state index in [1.807, 2.05) is 19.9 Å². The van der Waals surface area contributed by atoms with Gasteiger partial charge in [-0.1, -0.05) is 19.9 Å². The first-order valence-corrected chi connectivity index (χ1v) is 10.1. The Labute approximate surface area is 167 Å². The van der Waals surface area contributed by atoms with Gasteiger partial charge in [0.1, 0.15) is 10.7 Å². The Morgan fingerprint density at radius 2 is 2.14 bits per heavy atom. The highest BCUT2D eigenvalue weighted by molar-refractivity contribution is 7.13. The Kier molecular flexibility index (Phi) is 4.57. The van der Waals surface area contributed by atoms with Crippen LogP contribution in [0.3, 0.4) is 0 Å². The second-order valence-electron chi connectivity index (χ2n) is 8.16. The molecule has 0 saturated carbocycles. The molecular weight excluding hydrogens is 375 g/mol. The summed E-state index contributed by atoms with van der Waals surface area (Å²) in [6, 6.07) is 6.28. The lowest BCUT2D eigenvalue weighted by atomic mass is 9.74. The summed E-state index contributed by atoms with van der Waals surface area (Å²) in [7, 11) is 0. The van der Waals surface area contributed by atoms with E-state index < -0.39 is 0 Å². The summed E-state index contributed by atoms with van der Waals surface area (Å²) in [5, 5.41) is 8.58. The third-order valence-corrected chi connectivity index (χ3v) is 6.22. The van der Waals surface area contributed by atoms with E-state index in [1.165, 1.54) is 23.5 Å². The average Bonchev–Trinajstić information content (AvgIpc) is 3.16.